The molecule has 0 saturated heterocycles. The minimum absolute atomic E-state index is 0.426. The number of hydrogen-bond donors (Lipinski definition) is 0. The lowest BCUT2D eigenvalue weighted by atomic mass is 9.94. The number of esters is 1. The monoisotopic (exact) mass is 362 g/mol. The van der Waals surface area contributed by atoms with Crippen LogP contribution in [-0.2, 0) is 14.3 Å². The maximum Gasteiger partial charge on any atom is 0.409 e. The van der Waals surface area contributed by atoms with Crippen LogP contribution in [0, 0.1) is 11.8 Å². The molecule has 9 heteroatoms. The zero-order valence-electron chi connectivity index (χ0n) is 13.2. The molecule has 2 unspecified atom stereocenters. The van der Waals surface area contributed by atoms with Crippen LogP contribution < -0.4 is 0 Å². The average Bonchev–Trinajstić information content (AvgIpc) is 2.43. The Morgan fingerprint density at radius 2 is 1.54 bits per heavy atom. The predicted octanol–water partition coefficient (Wildman–Crippen LogP) is 4.59. The number of alkyl halides is 6. The van der Waals surface area contributed by atoms with Crippen LogP contribution in [0.25, 0.3) is 0 Å². The third-order valence-corrected chi connectivity index (χ3v) is 4.10. The lowest BCUT2D eigenvalue weighted by Gasteiger charge is -2.25. The number of hydrogen-bond acceptors (Lipinski definition) is 3. The number of Topliss-reactive ketones (excluding diaryl/α,β-unsaturated/α-hetero) is 1. The van der Waals surface area contributed by atoms with Crippen LogP contribution in [0.5, 0.6) is 0 Å². The van der Waals surface area contributed by atoms with Crippen molar-refractivity contribution in [2.75, 3.05) is 0 Å². The lowest BCUT2D eigenvalue weighted by Crippen LogP contribution is -2.40. The van der Waals surface area contributed by atoms with Crippen molar-refractivity contribution in [2.45, 2.75) is 70.3 Å². The molecule has 0 radical (unpaired) electrons. The van der Waals surface area contributed by atoms with Crippen LogP contribution in [0.15, 0.2) is 0 Å². The SMILES string of the molecule is CC(CCC(=O)C(C(=O)OC1CCCCC1)C(F)(F)F)C(F)(F)F. The van der Waals surface area contributed by atoms with Gasteiger partial charge in [-0.25, -0.2) is 0 Å². The first kappa shape index (κ1) is 20.8. The van der Waals surface area contributed by atoms with Gasteiger partial charge in [0.15, 0.2) is 5.78 Å². The average molecular weight is 362 g/mol. The lowest BCUT2D eigenvalue weighted by molar-refractivity contribution is -0.202. The third-order valence-electron chi connectivity index (χ3n) is 4.10. The molecule has 1 fully saturated rings. The van der Waals surface area contributed by atoms with Gasteiger partial charge in [0.1, 0.15) is 6.10 Å². The number of ether oxygens (including phenoxy) is 1. The summed E-state index contributed by atoms with van der Waals surface area (Å²) in [6.45, 7) is 0.774. The normalized spacial score (nSPS) is 19.6. The number of halogens is 6. The summed E-state index contributed by atoms with van der Waals surface area (Å²) in [5.41, 5.74) is 0. The molecular weight excluding hydrogens is 342 g/mol. The number of carbonyl (C=O) groups is 2. The fourth-order valence-electron chi connectivity index (χ4n) is 2.53. The molecule has 140 valence electrons. The van der Waals surface area contributed by atoms with Crippen LogP contribution in [0.3, 0.4) is 0 Å². The standard InChI is InChI=1S/C15H20F6O3/c1-9(14(16,17)18)7-8-11(22)12(15(19,20)21)13(23)24-10-5-3-2-4-6-10/h9-10,12H,2-8H2,1H3. The van der Waals surface area contributed by atoms with Gasteiger partial charge < -0.3 is 4.74 Å². The molecule has 24 heavy (non-hydrogen) atoms. The second-order valence-corrected chi connectivity index (χ2v) is 6.12. The van der Waals surface area contributed by atoms with E-state index >= 15 is 0 Å². The molecule has 3 nitrogen and oxygen atoms in total. The molecule has 0 aromatic carbocycles. The summed E-state index contributed by atoms with van der Waals surface area (Å²) in [5.74, 6) is -8.23. The van der Waals surface area contributed by atoms with Crippen molar-refractivity contribution >= 4 is 11.8 Å². The van der Waals surface area contributed by atoms with E-state index < -0.39 is 54.9 Å². The van der Waals surface area contributed by atoms with Gasteiger partial charge in [0.25, 0.3) is 0 Å². The highest BCUT2D eigenvalue weighted by Crippen LogP contribution is 2.34. The van der Waals surface area contributed by atoms with E-state index in [-0.39, 0.29) is 0 Å². The van der Waals surface area contributed by atoms with E-state index in [0.29, 0.717) is 25.7 Å². The Bertz CT molecular complexity index is 437. The van der Waals surface area contributed by atoms with E-state index in [1.165, 1.54) is 0 Å². The van der Waals surface area contributed by atoms with E-state index in [9.17, 15) is 35.9 Å². The molecule has 0 amide bonds. The molecule has 1 aliphatic rings. The van der Waals surface area contributed by atoms with E-state index in [0.717, 1.165) is 13.3 Å². The highest BCUT2D eigenvalue weighted by Gasteiger charge is 2.51. The molecule has 0 aromatic rings. The first-order valence-corrected chi connectivity index (χ1v) is 7.79. The molecule has 2 atom stereocenters. The second kappa shape index (κ2) is 8.20. The summed E-state index contributed by atoms with van der Waals surface area (Å²) < 4.78 is 80.9. The third kappa shape index (κ3) is 6.32. The molecule has 0 heterocycles. The van der Waals surface area contributed by atoms with Crippen molar-refractivity contribution in [3.63, 3.8) is 0 Å². The predicted molar refractivity (Wildman–Crippen MR) is 72.0 cm³/mol. The molecule has 0 aliphatic heterocycles. The van der Waals surface area contributed by atoms with E-state index in [1.54, 1.807) is 0 Å². The minimum Gasteiger partial charge on any atom is -0.462 e. The minimum atomic E-state index is -5.18. The Labute approximate surface area is 135 Å². The van der Waals surface area contributed by atoms with E-state index in [2.05, 4.69) is 0 Å². The first-order valence-electron chi connectivity index (χ1n) is 7.79. The summed E-state index contributed by atoms with van der Waals surface area (Å²) in [5, 5.41) is 0. The zero-order chi connectivity index (χ0) is 18.5. The highest BCUT2D eigenvalue weighted by atomic mass is 19.4. The molecule has 0 spiro atoms. The Balaban J connectivity index is 2.70. The molecule has 0 bridgehead atoms. The zero-order valence-corrected chi connectivity index (χ0v) is 13.2. The topological polar surface area (TPSA) is 43.4 Å². The van der Waals surface area contributed by atoms with Crippen molar-refractivity contribution < 1.29 is 40.7 Å². The number of ketones is 1. The molecule has 1 aliphatic carbocycles. The fraction of sp³-hybridized carbons (Fsp3) is 0.867. The summed E-state index contributed by atoms with van der Waals surface area (Å²) in [7, 11) is 0. The van der Waals surface area contributed by atoms with Gasteiger partial charge in [-0.05, 0) is 32.1 Å². The summed E-state index contributed by atoms with van der Waals surface area (Å²) in [6.07, 6.45) is -9.05. The van der Waals surface area contributed by atoms with Crippen LogP contribution in [0.1, 0.15) is 51.9 Å². The summed E-state index contributed by atoms with van der Waals surface area (Å²) >= 11 is 0. The van der Waals surface area contributed by atoms with Crippen molar-refractivity contribution in [3.8, 4) is 0 Å². The molecule has 0 N–H and O–H groups in total. The van der Waals surface area contributed by atoms with Gasteiger partial charge in [0.05, 0.1) is 5.92 Å². The van der Waals surface area contributed by atoms with Crippen molar-refractivity contribution in [3.05, 3.63) is 0 Å². The maximum absolute atomic E-state index is 13.0. The Hall–Kier alpha value is -1.28. The fourth-order valence-corrected chi connectivity index (χ4v) is 2.53. The van der Waals surface area contributed by atoms with Crippen LogP contribution >= 0.6 is 0 Å². The van der Waals surface area contributed by atoms with Crippen LogP contribution in [0.4, 0.5) is 26.3 Å². The van der Waals surface area contributed by atoms with Gasteiger partial charge in [-0.1, -0.05) is 13.3 Å². The Morgan fingerprint density at radius 1 is 1.00 bits per heavy atom. The van der Waals surface area contributed by atoms with Gasteiger partial charge >= 0.3 is 18.3 Å². The number of carbonyl (C=O) groups excluding carboxylic acids is 2. The summed E-state index contributed by atoms with van der Waals surface area (Å²) in [6, 6.07) is 0. The molecule has 1 rings (SSSR count). The largest absolute Gasteiger partial charge is 0.462 e. The quantitative estimate of drug-likeness (QED) is 0.394. The second-order valence-electron chi connectivity index (χ2n) is 6.12. The molecule has 0 aromatic heterocycles. The summed E-state index contributed by atoms with van der Waals surface area (Å²) in [4.78, 5) is 23.5. The Kier molecular flexibility index (Phi) is 7.10. The maximum atomic E-state index is 13.0. The molecular formula is C15H20F6O3. The van der Waals surface area contributed by atoms with Gasteiger partial charge in [-0.2, -0.15) is 26.3 Å². The number of rotatable bonds is 6. The van der Waals surface area contributed by atoms with Crippen molar-refractivity contribution in [2.24, 2.45) is 11.8 Å². The molecule has 1 saturated carbocycles. The Morgan fingerprint density at radius 3 is 2.00 bits per heavy atom. The van der Waals surface area contributed by atoms with E-state index in [4.69, 9.17) is 4.74 Å². The first-order chi connectivity index (χ1) is 10.9. The van der Waals surface area contributed by atoms with Crippen molar-refractivity contribution in [1.29, 1.82) is 0 Å². The van der Waals surface area contributed by atoms with Gasteiger partial charge in [0, 0.05) is 6.42 Å². The van der Waals surface area contributed by atoms with Crippen molar-refractivity contribution in [1.82, 2.24) is 0 Å². The van der Waals surface area contributed by atoms with Gasteiger partial charge in [-0.15, -0.1) is 0 Å². The van der Waals surface area contributed by atoms with Crippen LogP contribution in [-0.4, -0.2) is 30.2 Å². The van der Waals surface area contributed by atoms with E-state index in [1.807, 2.05) is 0 Å². The van der Waals surface area contributed by atoms with Crippen LogP contribution in [0.2, 0.25) is 0 Å². The smallest absolute Gasteiger partial charge is 0.409 e. The highest BCUT2D eigenvalue weighted by molar-refractivity contribution is 5.99. The van der Waals surface area contributed by atoms with Gasteiger partial charge in [-0.3, -0.25) is 9.59 Å². The van der Waals surface area contributed by atoms with Gasteiger partial charge in [0.2, 0.25) is 5.92 Å².